The summed E-state index contributed by atoms with van der Waals surface area (Å²) in [6.45, 7) is 7.23. The van der Waals surface area contributed by atoms with Crippen molar-refractivity contribution in [1.82, 2.24) is 0 Å². The summed E-state index contributed by atoms with van der Waals surface area (Å²) >= 11 is 0. The number of aryl methyl sites for hydroxylation is 1. The number of hydrogen-bond donors (Lipinski definition) is 4. The molecule has 31 heavy (non-hydrogen) atoms. The number of methoxy groups -OCH3 is 1. The van der Waals surface area contributed by atoms with Gasteiger partial charge < -0.3 is 29.9 Å². The Balaban J connectivity index is 1.65. The fraction of sp³-hybridized carbons (Fsp3) is 0.625. The van der Waals surface area contributed by atoms with Gasteiger partial charge in [-0.2, -0.15) is 0 Å². The van der Waals surface area contributed by atoms with Crippen molar-refractivity contribution >= 4 is 5.97 Å². The van der Waals surface area contributed by atoms with Gasteiger partial charge in [0.1, 0.15) is 28.8 Å². The van der Waals surface area contributed by atoms with E-state index in [1.807, 2.05) is 26.8 Å². The number of ether oxygens (including phenoxy) is 2. The number of allylic oxidation sites excluding steroid dienone is 1. The number of phenolic OH excluding ortho intramolecular Hbond substituents is 1. The zero-order valence-corrected chi connectivity index (χ0v) is 18.7. The number of aliphatic hydroxyl groups excluding tert-OH is 2. The Morgan fingerprint density at radius 1 is 1.23 bits per heavy atom. The molecule has 0 aliphatic heterocycles. The van der Waals surface area contributed by atoms with Gasteiger partial charge in [0.2, 0.25) is 0 Å². The summed E-state index contributed by atoms with van der Waals surface area (Å²) in [5.41, 5.74) is -1.68. The third-order valence-electron chi connectivity index (χ3n) is 8.10. The van der Waals surface area contributed by atoms with Crippen molar-refractivity contribution in [3.8, 4) is 11.5 Å². The Hall–Kier alpha value is -2.09. The lowest BCUT2D eigenvalue weighted by Gasteiger charge is -2.65. The van der Waals surface area contributed by atoms with Gasteiger partial charge >= 0.3 is 5.97 Å². The Morgan fingerprint density at radius 2 is 1.90 bits per heavy atom. The van der Waals surface area contributed by atoms with Gasteiger partial charge in [0, 0.05) is 17.4 Å². The van der Waals surface area contributed by atoms with Crippen LogP contribution in [0, 0.1) is 29.6 Å². The molecule has 2 fully saturated rings. The average Bonchev–Trinajstić information content (AvgIpc) is 2.92. The van der Waals surface area contributed by atoms with Gasteiger partial charge in [-0.3, -0.25) is 0 Å². The number of fused-ring (bicyclic) bond motifs is 3. The predicted molar refractivity (Wildman–Crippen MR) is 113 cm³/mol. The molecule has 0 spiro atoms. The quantitative estimate of drug-likeness (QED) is 0.426. The Kier molecular flexibility index (Phi) is 4.96. The number of rotatable bonds is 4. The highest BCUT2D eigenvalue weighted by molar-refractivity contribution is 5.94. The van der Waals surface area contributed by atoms with E-state index in [9.17, 15) is 25.2 Å². The summed E-state index contributed by atoms with van der Waals surface area (Å²) in [6, 6.07) is 2.96. The molecule has 1 aromatic carbocycles. The van der Waals surface area contributed by atoms with Gasteiger partial charge in [-0.15, -0.1) is 0 Å². The number of esters is 1. The van der Waals surface area contributed by atoms with Gasteiger partial charge in [0.05, 0.1) is 19.8 Å². The second-order valence-electron chi connectivity index (χ2n) is 10.3. The SMILES string of the molecule is COc1cc(C)c(C(=O)O[C@@H]2C[C@]3(C)[C@H]4[C@@H](O)C(C)(C)C[C@@H]4C=C(CO)[C@]23O)c(O)c1. The third-order valence-corrected chi connectivity index (χ3v) is 8.10. The van der Waals surface area contributed by atoms with Gasteiger partial charge in [-0.25, -0.2) is 4.79 Å². The van der Waals surface area contributed by atoms with Crippen LogP contribution in [0.15, 0.2) is 23.8 Å². The maximum absolute atomic E-state index is 12.9. The Bertz CT molecular complexity index is 928. The summed E-state index contributed by atoms with van der Waals surface area (Å²) < 4.78 is 10.8. The molecule has 0 bridgehead atoms. The summed E-state index contributed by atoms with van der Waals surface area (Å²) in [4.78, 5) is 12.9. The molecule has 0 aromatic heterocycles. The normalized spacial score (nSPS) is 37.9. The molecule has 0 amide bonds. The first-order valence-electron chi connectivity index (χ1n) is 10.7. The number of aromatic hydroxyl groups is 1. The molecule has 2 saturated carbocycles. The molecule has 3 aliphatic rings. The van der Waals surface area contributed by atoms with Crippen LogP contribution in [0.3, 0.4) is 0 Å². The van der Waals surface area contributed by atoms with Crippen LogP contribution in [0.2, 0.25) is 0 Å². The zero-order valence-electron chi connectivity index (χ0n) is 18.7. The molecule has 4 rings (SSSR count). The summed E-state index contributed by atoms with van der Waals surface area (Å²) in [5.74, 6) is -0.741. The van der Waals surface area contributed by atoms with E-state index >= 15 is 0 Å². The fourth-order valence-electron chi connectivity index (χ4n) is 6.44. The van der Waals surface area contributed by atoms with E-state index in [1.165, 1.54) is 13.2 Å². The molecular formula is C24H32O7. The molecule has 170 valence electrons. The van der Waals surface area contributed by atoms with Gasteiger partial charge in [0.25, 0.3) is 0 Å². The first-order valence-corrected chi connectivity index (χ1v) is 10.7. The van der Waals surface area contributed by atoms with Crippen molar-refractivity contribution in [3.05, 3.63) is 34.9 Å². The molecular weight excluding hydrogens is 400 g/mol. The molecule has 1 aromatic rings. The van der Waals surface area contributed by atoms with Gasteiger partial charge in [0.15, 0.2) is 0 Å². The molecule has 0 radical (unpaired) electrons. The van der Waals surface area contributed by atoms with Gasteiger partial charge in [-0.05, 0) is 48.3 Å². The van der Waals surface area contributed by atoms with Crippen LogP contribution >= 0.6 is 0 Å². The standard InChI is InChI=1S/C24H32O7/c1-12-6-15(30-5)8-16(26)18(12)21(28)31-17-10-23(4)19-13(9-22(2,3)20(19)27)7-14(11-25)24(17,23)29/h6-8,13,17,19-20,25-27,29H,9-11H2,1-5H3/t13-,17+,19+,20+,23+,24-/m0/s1. The largest absolute Gasteiger partial charge is 0.507 e. The number of hydrogen-bond acceptors (Lipinski definition) is 7. The summed E-state index contributed by atoms with van der Waals surface area (Å²) in [5, 5.41) is 43.1. The molecule has 6 atom stereocenters. The van der Waals surface area contributed by atoms with Crippen molar-refractivity contribution < 1.29 is 34.7 Å². The highest BCUT2D eigenvalue weighted by Gasteiger charge is 2.74. The maximum Gasteiger partial charge on any atom is 0.342 e. The number of aliphatic hydroxyl groups is 3. The highest BCUT2D eigenvalue weighted by atomic mass is 16.6. The van der Waals surface area contributed by atoms with Crippen molar-refractivity contribution in [1.29, 1.82) is 0 Å². The zero-order chi connectivity index (χ0) is 22.9. The Morgan fingerprint density at radius 3 is 2.48 bits per heavy atom. The maximum atomic E-state index is 12.9. The summed E-state index contributed by atoms with van der Waals surface area (Å²) in [7, 11) is 1.47. The van der Waals surface area contributed by atoms with E-state index < -0.39 is 29.2 Å². The van der Waals surface area contributed by atoms with E-state index in [0.29, 0.717) is 23.3 Å². The topological polar surface area (TPSA) is 116 Å². The second kappa shape index (κ2) is 6.95. The molecule has 0 saturated heterocycles. The van der Waals surface area contributed by atoms with Crippen molar-refractivity contribution in [2.75, 3.05) is 13.7 Å². The van der Waals surface area contributed by atoms with Crippen LogP contribution in [-0.2, 0) is 4.74 Å². The van der Waals surface area contributed by atoms with Gasteiger partial charge in [-0.1, -0.05) is 26.8 Å². The van der Waals surface area contributed by atoms with E-state index in [4.69, 9.17) is 9.47 Å². The smallest absolute Gasteiger partial charge is 0.342 e. The number of phenols is 1. The van der Waals surface area contributed by atoms with Crippen LogP contribution in [0.4, 0.5) is 0 Å². The van der Waals surface area contributed by atoms with Crippen molar-refractivity contribution in [3.63, 3.8) is 0 Å². The minimum Gasteiger partial charge on any atom is -0.507 e. The number of benzene rings is 1. The van der Waals surface area contributed by atoms with Crippen molar-refractivity contribution in [2.45, 2.75) is 58.3 Å². The lowest BCUT2D eigenvalue weighted by atomic mass is 9.43. The lowest BCUT2D eigenvalue weighted by molar-refractivity contribution is -0.260. The molecule has 0 unspecified atom stereocenters. The Labute approximate surface area is 182 Å². The average molecular weight is 433 g/mol. The van der Waals surface area contributed by atoms with Crippen molar-refractivity contribution in [2.24, 2.45) is 22.7 Å². The minimum absolute atomic E-state index is 0.0169. The van der Waals surface area contributed by atoms with E-state index in [1.54, 1.807) is 13.0 Å². The van der Waals surface area contributed by atoms with Crippen LogP contribution in [0.25, 0.3) is 0 Å². The number of carbonyl (C=O) groups is 1. The third kappa shape index (κ3) is 2.86. The van der Waals surface area contributed by atoms with E-state index in [0.717, 1.165) is 6.42 Å². The molecule has 7 nitrogen and oxygen atoms in total. The molecule has 7 heteroatoms. The fourth-order valence-corrected chi connectivity index (χ4v) is 6.44. The van der Waals surface area contributed by atoms with Crippen LogP contribution in [-0.4, -0.2) is 57.9 Å². The molecule has 0 heterocycles. The minimum atomic E-state index is -1.57. The summed E-state index contributed by atoms with van der Waals surface area (Å²) in [6.07, 6.45) is 1.48. The molecule has 3 aliphatic carbocycles. The second-order valence-corrected chi connectivity index (χ2v) is 10.3. The highest BCUT2D eigenvalue weighted by Crippen LogP contribution is 2.68. The number of carbonyl (C=O) groups excluding carboxylic acids is 1. The first kappa shape index (κ1) is 22.1. The van der Waals surface area contributed by atoms with E-state index in [-0.39, 0.29) is 35.2 Å². The lowest BCUT2D eigenvalue weighted by Crippen LogP contribution is -2.74. The van der Waals surface area contributed by atoms with Crippen LogP contribution in [0.1, 0.15) is 49.5 Å². The molecule has 4 N–H and O–H groups in total. The predicted octanol–water partition coefficient (Wildman–Crippen LogP) is 2.33. The van der Waals surface area contributed by atoms with Crippen LogP contribution in [0.5, 0.6) is 11.5 Å². The van der Waals surface area contributed by atoms with Crippen LogP contribution < -0.4 is 4.74 Å². The monoisotopic (exact) mass is 432 g/mol. The van der Waals surface area contributed by atoms with E-state index in [2.05, 4.69) is 0 Å². The first-order chi connectivity index (χ1) is 14.4.